The number of fused-ring (bicyclic) bond motifs is 3. The third-order valence-corrected chi connectivity index (χ3v) is 6.10. The average Bonchev–Trinajstić information content (AvgIpc) is 3.10. The van der Waals surface area contributed by atoms with Crippen molar-refractivity contribution in [3.05, 3.63) is 35.9 Å². The van der Waals surface area contributed by atoms with Gasteiger partial charge in [-0.15, -0.1) is 0 Å². The second kappa shape index (κ2) is 3.76. The number of epoxide rings is 1. The topological polar surface area (TPSA) is 49.8 Å². The molecule has 3 fully saturated rings. The maximum absolute atomic E-state index is 12.3. The number of ketones is 1. The molecule has 1 aliphatic heterocycles. The molecule has 1 heterocycles. The van der Waals surface area contributed by atoms with E-state index in [2.05, 4.69) is 32.9 Å². The van der Waals surface area contributed by atoms with Crippen molar-refractivity contribution in [1.82, 2.24) is 0 Å². The molecule has 0 unspecified atom stereocenters. The summed E-state index contributed by atoms with van der Waals surface area (Å²) in [4.78, 5) is 12.3. The highest BCUT2D eigenvalue weighted by Gasteiger charge is 2.82. The van der Waals surface area contributed by atoms with Crippen molar-refractivity contribution in [1.29, 1.82) is 0 Å². The summed E-state index contributed by atoms with van der Waals surface area (Å²) >= 11 is 0. The van der Waals surface area contributed by atoms with Crippen LogP contribution in [0.4, 0.5) is 0 Å². The fourth-order valence-electron chi connectivity index (χ4n) is 5.62. The van der Waals surface area contributed by atoms with E-state index in [4.69, 9.17) is 4.74 Å². The number of carbonyl (C=O) groups excluding carboxylic acids is 1. The Hall–Kier alpha value is -1.19. The van der Waals surface area contributed by atoms with Gasteiger partial charge in [0, 0.05) is 24.2 Å². The Morgan fingerprint density at radius 1 is 1.14 bits per heavy atom. The Morgan fingerprint density at radius 2 is 1.81 bits per heavy atom. The molecule has 4 rings (SSSR count). The van der Waals surface area contributed by atoms with Gasteiger partial charge in [-0.1, -0.05) is 51.1 Å². The third-order valence-electron chi connectivity index (χ3n) is 6.10. The molecule has 3 aliphatic rings. The maximum atomic E-state index is 12.3. The van der Waals surface area contributed by atoms with E-state index in [1.165, 1.54) is 0 Å². The zero-order chi connectivity index (χ0) is 15.0. The summed E-state index contributed by atoms with van der Waals surface area (Å²) in [7, 11) is 0. The molecule has 112 valence electrons. The molecular formula is C18H22O3. The largest absolute Gasteiger partial charge is 0.390 e. The van der Waals surface area contributed by atoms with E-state index in [-0.39, 0.29) is 28.6 Å². The molecular weight excluding hydrogens is 264 g/mol. The maximum Gasteiger partial charge on any atom is 0.134 e. The van der Waals surface area contributed by atoms with Crippen LogP contribution in [0.1, 0.15) is 39.2 Å². The van der Waals surface area contributed by atoms with Crippen LogP contribution in [-0.2, 0) is 15.1 Å². The summed E-state index contributed by atoms with van der Waals surface area (Å²) in [6, 6.07) is 10.1. The van der Waals surface area contributed by atoms with Gasteiger partial charge in [-0.25, -0.2) is 0 Å². The Balaban J connectivity index is 1.88. The minimum absolute atomic E-state index is 0.0988. The molecule has 0 aromatic heterocycles. The number of aliphatic hydroxyl groups is 1. The van der Waals surface area contributed by atoms with Gasteiger partial charge in [-0.05, 0) is 11.0 Å². The van der Waals surface area contributed by atoms with Crippen molar-refractivity contribution < 1.29 is 14.6 Å². The first-order chi connectivity index (χ1) is 9.83. The molecule has 1 aromatic carbocycles. The van der Waals surface area contributed by atoms with Gasteiger partial charge in [0.05, 0.1) is 6.10 Å². The van der Waals surface area contributed by atoms with Gasteiger partial charge < -0.3 is 9.84 Å². The standard InChI is InChI=1S/C18H22O3/c1-16(2)9-12(19)10-17(3)14(16)13(20)15-18(17,21-15)11-7-5-4-6-8-11/h4-8,13-15,20H,9-10H2,1-3H3/t13-,14-,15+,17+,18+/m0/s1. The van der Waals surface area contributed by atoms with Crippen LogP contribution < -0.4 is 0 Å². The molecule has 2 saturated carbocycles. The van der Waals surface area contributed by atoms with Crippen molar-refractivity contribution in [3.8, 4) is 0 Å². The summed E-state index contributed by atoms with van der Waals surface area (Å²) in [5.74, 6) is 0.388. The van der Waals surface area contributed by atoms with Gasteiger partial charge in [0.15, 0.2) is 0 Å². The lowest BCUT2D eigenvalue weighted by Crippen LogP contribution is -2.52. The first-order valence-electron chi connectivity index (χ1n) is 7.76. The van der Waals surface area contributed by atoms with Crippen molar-refractivity contribution in [2.24, 2.45) is 16.7 Å². The summed E-state index contributed by atoms with van der Waals surface area (Å²) in [5, 5.41) is 10.8. The predicted molar refractivity (Wildman–Crippen MR) is 78.6 cm³/mol. The lowest BCUT2D eigenvalue weighted by atomic mass is 9.53. The molecule has 1 aromatic rings. The van der Waals surface area contributed by atoms with Gasteiger partial charge in [-0.2, -0.15) is 0 Å². The van der Waals surface area contributed by atoms with Gasteiger partial charge in [0.1, 0.15) is 17.5 Å². The highest BCUT2D eigenvalue weighted by atomic mass is 16.6. The SMILES string of the molecule is CC1(C)CC(=O)C[C@]2(C)[C@H]1[C@H](O)[C@H]1O[C@]12c1ccccc1. The molecule has 0 amide bonds. The molecule has 5 atom stereocenters. The molecule has 0 spiro atoms. The Morgan fingerprint density at radius 3 is 2.48 bits per heavy atom. The van der Waals surface area contributed by atoms with E-state index in [9.17, 15) is 9.90 Å². The minimum atomic E-state index is -0.488. The number of hydrogen-bond acceptors (Lipinski definition) is 3. The second-order valence-corrected chi connectivity index (χ2v) is 7.91. The fraction of sp³-hybridized carbons (Fsp3) is 0.611. The fourth-order valence-corrected chi connectivity index (χ4v) is 5.62. The van der Waals surface area contributed by atoms with Crippen LogP contribution in [0.2, 0.25) is 0 Å². The minimum Gasteiger partial charge on any atom is -0.390 e. The number of ether oxygens (including phenoxy) is 1. The van der Waals surface area contributed by atoms with Gasteiger partial charge in [0.2, 0.25) is 0 Å². The number of Topliss-reactive ketones (excluding diaryl/α,β-unsaturated/α-hetero) is 1. The first-order valence-corrected chi connectivity index (χ1v) is 7.76. The first kappa shape index (κ1) is 13.5. The third kappa shape index (κ3) is 1.44. The summed E-state index contributed by atoms with van der Waals surface area (Å²) in [6.07, 6.45) is 0.407. The molecule has 1 saturated heterocycles. The van der Waals surface area contributed by atoms with Crippen LogP contribution in [0.5, 0.6) is 0 Å². The van der Waals surface area contributed by atoms with Crippen molar-refractivity contribution in [2.45, 2.75) is 51.4 Å². The zero-order valence-corrected chi connectivity index (χ0v) is 12.8. The lowest BCUT2D eigenvalue weighted by Gasteiger charge is -2.50. The van der Waals surface area contributed by atoms with Crippen LogP contribution in [-0.4, -0.2) is 23.1 Å². The highest BCUT2D eigenvalue weighted by Crippen LogP contribution is 2.74. The van der Waals surface area contributed by atoms with E-state index in [1.807, 2.05) is 18.2 Å². The van der Waals surface area contributed by atoms with E-state index in [0.29, 0.717) is 12.8 Å². The van der Waals surface area contributed by atoms with Gasteiger partial charge >= 0.3 is 0 Å². The summed E-state index contributed by atoms with van der Waals surface area (Å²) in [6.45, 7) is 6.36. The quantitative estimate of drug-likeness (QED) is 0.807. The Bertz CT molecular complexity index is 608. The molecule has 2 aliphatic carbocycles. The Labute approximate surface area is 125 Å². The monoisotopic (exact) mass is 286 g/mol. The van der Waals surface area contributed by atoms with Gasteiger partial charge in [-0.3, -0.25) is 4.79 Å². The highest BCUT2D eigenvalue weighted by molar-refractivity contribution is 5.82. The lowest BCUT2D eigenvalue weighted by molar-refractivity contribution is -0.147. The van der Waals surface area contributed by atoms with Crippen LogP contribution in [0, 0.1) is 16.7 Å². The van der Waals surface area contributed by atoms with Crippen molar-refractivity contribution in [3.63, 3.8) is 0 Å². The summed E-state index contributed by atoms with van der Waals surface area (Å²) in [5.41, 5.74) is 0.120. The predicted octanol–water partition coefficient (Wildman–Crippen LogP) is 2.67. The van der Waals surface area contributed by atoms with E-state index in [0.717, 1.165) is 5.56 Å². The molecule has 0 radical (unpaired) electrons. The van der Waals surface area contributed by atoms with Crippen LogP contribution in [0.25, 0.3) is 0 Å². The smallest absolute Gasteiger partial charge is 0.134 e. The summed E-state index contributed by atoms with van der Waals surface area (Å²) < 4.78 is 6.05. The molecule has 21 heavy (non-hydrogen) atoms. The number of carbonyl (C=O) groups is 1. The number of hydrogen-bond donors (Lipinski definition) is 1. The normalized spacial score (nSPS) is 46.9. The zero-order valence-electron chi connectivity index (χ0n) is 12.8. The number of rotatable bonds is 1. The van der Waals surface area contributed by atoms with Crippen molar-refractivity contribution >= 4 is 5.78 Å². The van der Waals surface area contributed by atoms with Crippen molar-refractivity contribution in [2.75, 3.05) is 0 Å². The Kier molecular flexibility index (Phi) is 2.42. The number of aliphatic hydroxyl groups excluding tert-OH is 1. The van der Waals surface area contributed by atoms with E-state index < -0.39 is 11.7 Å². The van der Waals surface area contributed by atoms with Crippen LogP contribution in [0.15, 0.2) is 30.3 Å². The molecule has 0 bridgehead atoms. The van der Waals surface area contributed by atoms with E-state index >= 15 is 0 Å². The van der Waals surface area contributed by atoms with Gasteiger partial charge in [0.25, 0.3) is 0 Å². The molecule has 3 heteroatoms. The van der Waals surface area contributed by atoms with E-state index in [1.54, 1.807) is 0 Å². The molecule has 1 N–H and O–H groups in total. The number of benzene rings is 1. The molecule has 3 nitrogen and oxygen atoms in total. The second-order valence-electron chi connectivity index (χ2n) is 7.91. The van der Waals surface area contributed by atoms with Crippen LogP contribution >= 0.6 is 0 Å². The average molecular weight is 286 g/mol. The van der Waals surface area contributed by atoms with Crippen LogP contribution in [0.3, 0.4) is 0 Å².